The zero-order valence-electron chi connectivity index (χ0n) is 8.01. The maximum Gasteiger partial charge on any atom is 0.0512 e. The number of hydrogen-bond donors (Lipinski definition) is 2. The molecule has 0 aliphatic rings. The lowest BCUT2D eigenvalue weighted by Gasteiger charge is -2.09. The van der Waals surface area contributed by atoms with Gasteiger partial charge in [-0.1, -0.05) is 0 Å². The van der Waals surface area contributed by atoms with Crippen LogP contribution < -0.4 is 6.15 Å². The topological polar surface area (TPSA) is 58.5 Å². The van der Waals surface area contributed by atoms with E-state index in [0.29, 0.717) is 0 Å². The summed E-state index contributed by atoms with van der Waals surface area (Å²) in [5.74, 6) is 0. The largest absolute Gasteiger partial charge is 0.393 e. The van der Waals surface area contributed by atoms with Crippen molar-refractivity contribution in [2.45, 2.75) is 32.3 Å². The molecule has 1 unspecified atom stereocenters. The van der Waals surface area contributed by atoms with Gasteiger partial charge in [-0.05, 0) is 46.8 Å². The third-order valence-electron chi connectivity index (χ3n) is 1.48. The quantitative estimate of drug-likeness (QED) is 0.598. The van der Waals surface area contributed by atoms with Gasteiger partial charge in [0.2, 0.25) is 0 Å². The molecule has 0 fully saturated rings. The molecule has 3 heteroatoms. The van der Waals surface area contributed by atoms with E-state index in [-0.39, 0.29) is 12.3 Å². The molecule has 0 saturated heterocycles. The highest BCUT2D eigenvalue weighted by atomic mass is 16.3. The standard InChI is InChI=1S/C8H19NO.H3N/c1-8(10)6-4-5-7-9(2)3;/h8,10H,4-7H2,1-3H3;1H3. The molecule has 0 rings (SSSR count). The van der Waals surface area contributed by atoms with E-state index >= 15 is 0 Å². The summed E-state index contributed by atoms with van der Waals surface area (Å²) in [5, 5.41) is 8.90. The van der Waals surface area contributed by atoms with Crippen molar-refractivity contribution in [1.29, 1.82) is 0 Å². The van der Waals surface area contributed by atoms with Crippen molar-refractivity contribution >= 4 is 0 Å². The number of hydrogen-bond acceptors (Lipinski definition) is 3. The monoisotopic (exact) mass is 162 g/mol. The molecule has 0 radical (unpaired) electrons. The molecular formula is C8H22N2O. The lowest BCUT2D eigenvalue weighted by molar-refractivity contribution is 0.179. The summed E-state index contributed by atoms with van der Waals surface area (Å²) in [6, 6.07) is 0. The molecule has 70 valence electrons. The zero-order chi connectivity index (χ0) is 7.98. The van der Waals surface area contributed by atoms with Crippen LogP contribution in [0.4, 0.5) is 0 Å². The van der Waals surface area contributed by atoms with Gasteiger partial charge in [-0.2, -0.15) is 0 Å². The molecule has 0 heterocycles. The van der Waals surface area contributed by atoms with E-state index in [2.05, 4.69) is 19.0 Å². The van der Waals surface area contributed by atoms with Crippen LogP contribution in [0.5, 0.6) is 0 Å². The van der Waals surface area contributed by atoms with Crippen LogP contribution in [-0.2, 0) is 0 Å². The van der Waals surface area contributed by atoms with Crippen LogP contribution in [0.25, 0.3) is 0 Å². The Morgan fingerprint density at radius 2 is 1.82 bits per heavy atom. The van der Waals surface area contributed by atoms with E-state index in [1.807, 2.05) is 6.92 Å². The van der Waals surface area contributed by atoms with Gasteiger partial charge in [-0.3, -0.25) is 0 Å². The minimum atomic E-state index is -0.123. The summed E-state index contributed by atoms with van der Waals surface area (Å²) in [4.78, 5) is 2.17. The Hall–Kier alpha value is -0.120. The highest BCUT2D eigenvalue weighted by molar-refractivity contribution is 4.49. The van der Waals surface area contributed by atoms with E-state index in [1.165, 1.54) is 6.42 Å². The van der Waals surface area contributed by atoms with Crippen molar-refractivity contribution in [2.75, 3.05) is 20.6 Å². The van der Waals surface area contributed by atoms with E-state index < -0.39 is 0 Å². The smallest absolute Gasteiger partial charge is 0.0512 e. The van der Waals surface area contributed by atoms with Crippen LogP contribution in [0.15, 0.2) is 0 Å². The zero-order valence-corrected chi connectivity index (χ0v) is 8.01. The van der Waals surface area contributed by atoms with Gasteiger partial charge < -0.3 is 16.2 Å². The number of nitrogens with zero attached hydrogens (tertiary/aromatic N) is 1. The fraction of sp³-hybridized carbons (Fsp3) is 1.00. The van der Waals surface area contributed by atoms with E-state index in [1.54, 1.807) is 0 Å². The van der Waals surface area contributed by atoms with Crippen LogP contribution >= 0.6 is 0 Å². The molecule has 4 N–H and O–H groups in total. The number of unbranched alkanes of at least 4 members (excludes halogenated alkanes) is 1. The molecule has 0 bridgehead atoms. The third kappa shape index (κ3) is 13.0. The van der Waals surface area contributed by atoms with Gasteiger partial charge in [0.1, 0.15) is 0 Å². The van der Waals surface area contributed by atoms with Gasteiger partial charge in [-0.15, -0.1) is 0 Å². The second-order valence-corrected chi connectivity index (χ2v) is 3.15. The van der Waals surface area contributed by atoms with E-state index in [0.717, 1.165) is 19.4 Å². The molecule has 0 aromatic carbocycles. The Bertz CT molecular complexity index is 64.5. The summed E-state index contributed by atoms with van der Waals surface area (Å²) in [7, 11) is 4.14. The maximum atomic E-state index is 8.90. The Balaban J connectivity index is 0. The lowest BCUT2D eigenvalue weighted by Crippen LogP contribution is -2.13. The highest BCUT2D eigenvalue weighted by Crippen LogP contribution is 1.99. The molecule has 3 nitrogen and oxygen atoms in total. The molecular weight excluding hydrogens is 140 g/mol. The molecule has 0 amide bonds. The van der Waals surface area contributed by atoms with Crippen LogP contribution in [0.2, 0.25) is 0 Å². The Morgan fingerprint density at radius 1 is 1.27 bits per heavy atom. The average molecular weight is 162 g/mol. The SMILES string of the molecule is CC(O)CCCCN(C)C.N. The number of aliphatic hydroxyl groups excluding tert-OH is 1. The van der Waals surface area contributed by atoms with Crippen molar-refractivity contribution in [3.8, 4) is 0 Å². The minimum Gasteiger partial charge on any atom is -0.393 e. The maximum absolute atomic E-state index is 8.90. The Kier molecular flexibility index (Phi) is 9.77. The summed E-state index contributed by atoms with van der Waals surface area (Å²) in [5.41, 5.74) is 0. The number of aliphatic hydroxyl groups is 1. The van der Waals surface area contributed by atoms with Gasteiger partial charge in [0.25, 0.3) is 0 Å². The van der Waals surface area contributed by atoms with Crippen LogP contribution in [0.1, 0.15) is 26.2 Å². The first-order valence-corrected chi connectivity index (χ1v) is 3.95. The lowest BCUT2D eigenvalue weighted by atomic mass is 10.2. The number of rotatable bonds is 5. The summed E-state index contributed by atoms with van der Waals surface area (Å²) in [6.07, 6.45) is 3.14. The van der Waals surface area contributed by atoms with Gasteiger partial charge in [0.05, 0.1) is 6.10 Å². The molecule has 0 aliphatic carbocycles. The molecule has 0 spiro atoms. The minimum absolute atomic E-state index is 0. The van der Waals surface area contributed by atoms with Crippen molar-refractivity contribution in [2.24, 2.45) is 0 Å². The Labute approximate surface area is 70.0 Å². The first kappa shape index (κ1) is 13.5. The molecule has 0 aliphatic heterocycles. The summed E-state index contributed by atoms with van der Waals surface area (Å²) >= 11 is 0. The molecule has 1 atom stereocenters. The second kappa shape index (κ2) is 7.98. The first-order chi connectivity index (χ1) is 4.63. The van der Waals surface area contributed by atoms with Gasteiger partial charge in [-0.25, -0.2) is 0 Å². The van der Waals surface area contributed by atoms with E-state index in [4.69, 9.17) is 5.11 Å². The van der Waals surface area contributed by atoms with Gasteiger partial charge in [0, 0.05) is 0 Å². The second-order valence-electron chi connectivity index (χ2n) is 3.15. The molecule has 0 aromatic heterocycles. The van der Waals surface area contributed by atoms with Crippen molar-refractivity contribution < 1.29 is 5.11 Å². The summed E-state index contributed by atoms with van der Waals surface area (Å²) in [6.45, 7) is 2.97. The van der Waals surface area contributed by atoms with Crippen molar-refractivity contribution in [1.82, 2.24) is 11.1 Å². The van der Waals surface area contributed by atoms with Crippen LogP contribution in [0.3, 0.4) is 0 Å². The molecule has 0 aromatic rings. The fourth-order valence-corrected chi connectivity index (χ4v) is 0.868. The Morgan fingerprint density at radius 3 is 2.18 bits per heavy atom. The summed E-state index contributed by atoms with van der Waals surface area (Å²) < 4.78 is 0. The van der Waals surface area contributed by atoms with Crippen LogP contribution in [-0.4, -0.2) is 36.8 Å². The highest BCUT2D eigenvalue weighted by Gasteiger charge is 1.95. The van der Waals surface area contributed by atoms with Crippen molar-refractivity contribution in [3.63, 3.8) is 0 Å². The predicted molar refractivity (Wildman–Crippen MR) is 49.1 cm³/mol. The first-order valence-electron chi connectivity index (χ1n) is 3.95. The van der Waals surface area contributed by atoms with Crippen molar-refractivity contribution in [3.05, 3.63) is 0 Å². The normalized spacial score (nSPS) is 12.8. The molecule has 11 heavy (non-hydrogen) atoms. The predicted octanol–water partition coefficient (Wildman–Crippen LogP) is 1.26. The van der Waals surface area contributed by atoms with E-state index in [9.17, 15) is 0 Å². The fourth-order valence-electron chi connectivity index (χ4n) is 0.868. The molecule has 0 saturated carbocycles. The van der Waals surface area contributed by atoms with Gasteiger partial charge >= 0.3 is 0 Å². The van der Waals surface area contributed by atoms with Gasteiger partial charge in [0.15, 0.2) is 0 Å². The average Bonchev–Trinajstić information content (AvgIpc) is 1.79. The van der Waals surface area contributed by atoms with Crippen LogP contribution in [0, 0.1) is 0 Å². The third-order valence-corrected chi connectivity index (χ3v) is 1.48.